The highest BCUT2D eigenvalue weighted by molar-refractivity contribution is 7.89. The SMILES string of the molecule is Cc1cccc(N2CC3C(c4ccccc4)(C2)NC(N)N(C)S3(=O)=O)c1. The van der Waals surface area contributed by atoms with Gasteiger partial charge in [-0.15, -0.1) is 0 Å². The molecular weight excluding hydrogens is 348 g/mol. The molecule has 7 heteroatoms. The third-order valence-corrected chi connectivity index (χ3v) is 7.89. The molecule has 3 unspecified atom stereocenters. The zero-order valence-electron chi connectivity index (χ0n) is 15.0. The summed E-state index contributed by atoms with van der Waals surface area (Å²) in [5, 5.41) is 2.80. The fourth-order valence-corrected chi connectivity index (χ4v) is 6.07. The Balaban J connectivity index is 1.85. The molecule has 0 aromatic heterocycles. The number of hydrogen-bond acceptors (Lipinski definition) is 5. The molecule has 0 aliphatic carbocycles. The van der Waals surface area contributed by atoms with Crippen LogP contribution in [0, 0.1) is 6.92 Å². The predicted octanol–water partition coefficient (Wildman–Crippen LogP) is 1.19. The monoisotopic (exact) mass is 372 g/mol. The number of sulfonamides is 1. The van der Waals surface area contributed by atoms with Crippen LogP contribution in [0.1, 0.15) is 11.1 Å². The van der Waals surface area contributed by atoms with E-state index in [1.807, 2.05) is 55.5 Å². The van der Waals surface area contributed by atoms with Gasteiger partial charge in [0.25, 0.3) is 0 Å². The van der Waals surface area contributed by atoms with E-state index in [0.717, 1.165) is 16.8 Å². The number of benzene rings is 2. The molecule has 2 saturated heterocycles. The van der Waals surface area contributed by atoms with E-state index in [1.165, 1.54) is 11.4 Å². The number of nitrogens with zero attached hydrogens (tertiary/aromatic N) is 2. The lowest BCUT2D eigenvalue weighted by Crippen LogP contribution is -2.71. The smallest absolute Gasteiger partial charge is 0.223 e. The summed E-state index contributed by atoms with van der Waals surface area (Å²) in [6.07, 6.45) is -0.756. The van der Waals surface area contributed by atoms with Crippen molar-refractivity contribution in [1.29, 1.82) is 0 Å². The van der Waals surface area contributed by atoms with Crippen molar-refractivity contribution in [3.05, 3.63) is 65.7 Å². The van der Waals surface area contributed by atoms with Crippen molar-refractivity contribution in [3.63, 3.8) is 0 Å². The van der Waals surface area contributed by atoms with Crippen LogP contribution in [-0.2, 0) is 15.6 Å². The van der Waals surface area contributed by atoms with Crippen LogP contribution in [-0.4, -0.2) is 44.4 Å². The van der Waals surface area contributed by atoms with Crippen LogP contribution in [0.5, 0.6) is 0 Å². The van der Waals surface area contributed by atoms with Gasteiger partial charge in [0.1, 0.15) is 11.5 Å². The molecule has 0 bridgehead atoms. The van der Waals surface area contributed by atoms with E-state index in [4.69, 9.17) is 5.73 Å². The molecule has 2 heterocycles. The second-order valence-electron chi connectivity index (χ2n) is 7.20. The fraction of sp³-hybridized carbons (Fsp3) is 0.368. The molecule has 0 saturated carbocycles. The normalized spacial score (nSPS) is 31.0. The molecule has 6 nitrogen and oxygen atoms in total. The molecule has 0 amide bonds. The number of nitrogens with one attached hydrogen (secondary N) is 1. The molecule has 2 fully saturated rings. The number of nitrogens with two attached hydrogens (primary N) is 1. The van der Waals surface area contributed by atoms with Crippen LogP contribution in [0.25, 0.3) is 0 Å². The summed E-state index contributed by atoms with van der Waals surface area (Å²) < 4.78 is 27.7. The van der Waals surface area contributed by atoms with Crippen LogP contribution < -0.4 is 16.0 Å². The van der Waals surface area contributed by atoms with Gasteiger partial charge in [0.15, 0.2) is 0 Å². The van der Waals surface area contributed by atoms with Gasteiger partial charge in [0, 0.05) is 25.8 Å². The van der Waals surface area contributed by atoms with Gasteiger partial charge in [-0.05, 0) is 30.2 Å². The number of anilines is 1. The maximum atomic E-state index is 13.2. The summed E-state index contributed by atoms with van der Waals surface area (Å²) in [4.78, 5) is 2.14. The Bertz CT molecular complexity index is 918. The van der Waals surface area contributed by atoms with E-state index in [-0.39, 0.29) is 0 Å². The first kappa shape index (κ1) is 17.5. The van der Waals surface area contributed by atoms with Crippen molar-refractivity contribution in [1.82, 2.24) is 9.62 Å². The van der Waals surface area contributed by atoms with Crippen molar-refractivity contribution in [2.45, 2.75) is 24.0 Å². The minimum Gasteiger partial charge on any atom is -0.368 e. The largest absolute Gasteiger partial charge is 0.368 e. The fourth-order valence-electron chi connectivity index (χ4n) is 4.14. The summed E-state index contributed by atoms with van der Waals surface area (Å²) in [5.41, 5.74) is 8.55. The van der Waals surface area contributed by atoms with E-state index in [0.29, 0.717) is 13.1 Å². The molecule has 138 valence electrons. The quantitative estimate of drug-likeness (QED) is 0.828. The van der Waals surface area contributed by atoms with Crippen molar-refractivity contribution >= 4 is 15.7 Å². The van der Waals surface area contributed by atoms with Crippen LogP contribution in [0.2, 0.25) is 0 Å². The molecule has 3 atom stereocenters. The van der Waals surface area contributed by atoms with Gasteiger partial charge < -0.3 is 10.6 Å². The first-order valence-corrected chi connectivity index (χ1v) is 10.2. The van der Waals surface area contributed by atoms with Crippen molar-refractivity contribution in [2.24, 2.45) is 5.73 Å². The molecular formula is C19H24N4O2S. The van der Waals surface area contributed by atoms with E-state index < -0.39 is 27.1 Å². The minimum atomic E-state index is -3.54. The lowest BCUT2D eigenvalue weighted by atomic mass is 9.88. The molecule has 2 aromatic rings. The van der Waals surface area contributed by atoms with E-state index in [9.17, 15) is 8.42 Å². The molecule has 2 aromatic carbocycles. The Morgan fingerprint density at radius 1 is 1.15 bits per heavy atom. The molecule has 4 rings (SSSR count). The molecule has 26 heavy (non-hydrogen) atoms. The lowest BCUT2D eigenvalue weighted by molar-refractivity contribution is 0.198. The summed E-state index contributed by atoms with van der Waals surface area (Å²) in [7, 11) is -2.00. The van der Waals surface area contributed by atoms with E-state index in [2.05, 4.69) is 16.3 Å². The minimum absolute atomic E-state index is 0.421. The number of aryl methyl sites for hydroxylation is 1. The molecule has 2 aliphatic rings. The zero-order chi connectivity index (χ0) is 18.5. The van der Waals surface area contributed by atoms with Crippen molar-refractivity contribution < 1.29 is 8.42 Å². The number of rotatable bonds is 2. The lowest BCUT2D eigenvalue weighted by Gasteiger charge is -2.46. The highest BCUT2D eigenvalue weighted by atomic mass is 32.2. The summed E-state index contributed by atoms with van der Waals surface area (Å²) in [6, 6.07) is 17.9. The summed E-state index contributed by atoms with van der Waals surface area (Å²) >= 11 is 0. The van der Waals surface area contributed by atoms with Crippen LogP contribution in [0.4, 0.5) is 5.69 Å². The first-order valence-electron chi connectivity index (χ1n) is 8.72. The van der Waals surface area contributed by atoms with E-state index >= 15 is 0 Å². The van der Waals surface area contributed by atoms with Gasteiger partial charge in [-0.25, -0.2) is 8.42 Å². The summed E-state index contributed by atoms with van der Waals surface area (Å²) in [6.45, 7) is 3.01. The second kappa shape index (κ2) is 6.06. The highest BCUT2D eigenvalue weighted by Gasteiger charge is 2.59. The number of fused-ring (bicyclic) bond motifs is 1. The maximum absolute atomic E-state index is 13.2. The Morgan fingerprint density at radius 2 is 1.88 bits per heavy atom. The van der Waals surface area contributed by atoms with Crippen LogP contribution in [0.15, 0.2) is 54.6 Å². The van der Waals surface area contributed by atoms with Crippen LogP contribution >= 0.6 is 0 Å². The van der Waals surface area contributed by atoms with Crippen molar-refractivity contribution in [2.75, 3.05) is 25.0 Å². The number of hydrogen-bond donors (Lipinski definition) is 2. The molecule has 0 spiro atoms. The first-order chi connectivity index (χ1) is 12.3. The highest BCUT2D eigenvalue weighted by Crippen LogP contribution is 2.42. The van der Waals surface area contributed by atoms with Crippen LogP contribution in [0.3, 0.4) is 0 Å². The van der Waals surface area contributed by atoms with Gasteiger partial charge in [0.05, 0.1) is 5.54 Å². The van der Waals surface area contributed by atoms with Gasteiger partial charge in [-0.2, -0.15) is 4.31 Å². The zero-order valence-corrected chi connectivity index (χ0v) is 15.8. The van der Waals surface area contributed by atoms with Crippen molar-refractivity contribution in [3.8, 4) is 0 Å². The molecule has 3 N–H and O–H groups in total. The molecule has 2 aliphatic heterocycles. The van der Waals surface area contributed by atoms with Gasteiger partial charge in [-0.3, -0.25) is 5.32 Å². The average molecular weight is 372 g/mol. The van der Waals surface area contributed by atoms with E-state index in [1.54, 1.807) is 0 Å². The Labute approximate surface area is 154 Å². The third kappa shape index (κ3) is 2.54. The summed E-state index contributed by atoms with van der Waals surface area (Å²) in [5.74, 6) is 0. The third-order valence-electron chi connectivity index (χ3n) is 5.59. The standard InChI is InChI=1S/C19H24N4O2S/c1-14-7-6-10-16(11-14)23-12-17-19(13-23,15-8-4-3-5-9-15)21-18(20)22(2)26(17,24)25/h3-11,17-18,21H,12-13,20H2,1-2H3. The Morgan fingerprint density at radius 3 is 2.58 bits per heavy atom. The average Bonchev–Trinajstić information content (AvgIpc) is 3.03. The van der Waals surface area contributed by atoms with Gasteiger partial charge in [-0.1, -0.05) is 42.5 Å². The predicted molar refractivity (Wildman–Crippen MR) is 103 cm³/mol. The topological polar surface area (TPSA) is 78.7 Å². The maximum Gasteiger partial charge on any atom is 0.223 e. The Kier molecular flexibility index (Phi) is 4.07. The van der Waals surface area contributed by atoms with Gasteiger partial charge in [0.2, 0.25) is 10.0 Å². The molecule has 0 radical (unpaired) electrons. The Hall–Kier alpha value is -1.93. The van der Waals surface area contributed by atoms with Gasteiger partial charge >= 0.3 is 0 Å². The second-order valence-corrected chi connectivity index (χ2v) is 9.37.